The fourth-order valence-electron chi connectivity index (χ4n) is 3.92. The molecular weight excluding hydrogens is 465 g/mol. The summed E-state index contributed by atoms with van der Waals surface area (Å²) in [6.45, 7) is 0. The molecule has 3 nitrogen and oxygen atoms in total. The highest BCUT2D eigenvalue weighted by molar-refractivity contribution is 6.07. The molecule has 0 heterocycles. The predicted octanol–water partition coefficient (Wildman–Crippen LogP) is 6.21. The summed E-state index contributed by atoms with van der Waals surface area (Å²) in [7, 11) is 0. The zero-order valence-corrected chi connectivity index (χ0v) is 18.2. The summed E-state index contributed by atoms with van der Waals surface area (Å²) >= 11 is 0. The van der Waals surface area contributed by atoms with Gasteiger partial charge in [0.1, 0.15) is 11.6 Å². The lowest BCUT2D eigenvalue weighted by atomic mass is 9.94. The molecule has 0 saturated heterocycles. The number of alkyl halides is 3. The maximum absolute atomic E-state index is 14.2. The zero-order chi connectivity index (χ0) is 25.2. The summed E-state index contributed by atoms with van der Waals surface area (Å²) in [5.74, 6) is -1.56. The van der Waals surface area contributed by atoms with Crippen molar-refractivity contribution in [1.82, 2.24) is 5.32 Å². The second kappa shape index (κ2) is 9.84. The number of carbonyl (C=O) groups is 1. The number of hydrogen-bond donors (Lipinski definition) is 2. The lowest BCUT2D eigenvalue weighted by Crippen LogP contribution is -2.41. The van der Waals surface area contributed by atoms with Gasteiger partial charge in [-0.05, 0) is 59.3 Å². The Labute approximate surface area is 197 Å². The van der Waals surface area contributed by atoms with Gasteiger partial charge in [-0.1, -0.05) is 48.5 Å². The van der Waals surface area contributed by atoms with Gasteiger partial charge in [-0.2, -0.15) is 13.2 Å². The quantitative estimate of drug-likeness (QED) is 0.319. The Morgan fingerprint density at radius 3 is 2.09 bits per heavy atom. The molecule has 8 heteroatoms. The summed E-state index contributed by atoms with van der Waals surface area (Å²) in [6, 6.07) is 17.4. The van der Waals surface area contributed by atoms with Gasteiger partial charge in [0.2, 0.25) is 0 Å². The number of carbonyl (C=O) groups excluding carboxylic acids is 1. The first kappa shape index (κ1) is 24.3. The molecule has 0 fully saturated rings. The number of halogens is 5. The molecule has 4 rings (SSSR count). The van der Waals surface area contributed by atoms with E-state index in [9.17, 15) is 31.9 Å². The SMILES string of the molecule is O=C(NC(Cc1ccc(F)cc1)C(O)c1ccc(C(F)(F)F)cc1)c1ccc(F)c2ccccc12. The summed E-state index contributed by atoms with van der Waals surface area (Å²) in [6.07, 6.45) is -5.85. The number of rotatable bonds is 6. The zero-order valence-electron chi connectivity index (χ0n) is 18.2. The molecule has 0 aliphatic heterocycles. The van der Waals surface area contributed by atoms with Crippen LogP contribution >= 0.6 is 0 Å². The number of amides is 1. The van der Waals surface area contributed by atoms with Crippen LogP contribution in [0.3, 0.4) is 0 Å². The van der Waals surface area contributed by atoms with Crippen molar-refractivity contribution in [1.29, 1.82) is 0 Å². The lowest BCUT2D eigenvalue weighted by molar-refractivity contribution is -0.137. The molecule has 35 heavy (non-hydrogen) atoms. The first-order valence-corrected chi connectivity index (χ1v) is 10.7. The van der Waals surface area contributed by atoms with Crippen molar-refractivity contribution in [3.8, 4) is 0 Å². The van der Waals surface area contributed by atoms with Gasteiger partial charge < -0.3 is 10.4 Å². The van der Waals surface area contributed by atoms with E-state index in [1.54, 1.807) is 18.2 Å². The average Bonchev–Trinajstić information content (AvgIpc) is 2.84. The minimum Gasteiger partial charge on any atom is -0.386 e. The molecule has 0 aromatic heterocycles. The van der Waals surface area contributed by atoms with E-state index in [2.05, 4.69) is 5.32 Å². The summed E-state index contributed by atoms with van der Waals surface area (Å²) in [4.78, 5) is 13.2. The second-order valence-corrected chi connectivity index (χ2v) is 8.12. The van der Waals surface area contributed by atoms with Gasteiger partial charge in [0.05, 0.1) is 17.7 Å². The topological polar surface area (TPSA) is 49.3 Å². The van der Waals surface area contributed by atoms with Crippen molar-refractivity contribution in [2.75, 3.05) is 0 Å². The monoisotopic (exact) mass is 485 g/mol. The van der Waals surface area contributed by atoms with Crippen molar-refractivity contribution in [2.24, 2.45) is 0 Å². The maximum atomic E-state index is 14.2. The molecule has 4 aromatic carbocycles. The fourth-order valence-corrected chi connectivity index (χ4v) is 3.92. The molecule has 0 radical (unpaired) electrons. The van der Waals surface area contributed by atoms with Gasteiger partial charge >= 0.3 is 6.18 Å². The number of benzene rings is 4. The summed E-state index contributed by atoms with van der Waals surface area (Å²) in [5, 5.41) is 14.4. The molecule has 0 spiro atoms. The number of aliphatic hydroxyl groups is 1. The van der Waals surface area contributed by atoms with Crippen LogP contribution in [0, 0.1) is 11.6 Å². The average molecular weight is 485 g/mol. The molecule has 2 atom stereocenters. The van der Waals surface area contributed by atoms with Crippen molar-refractivity contribution < 1.29 is 31.9 Å². The van der Waals surface area contributed by atoms with E-state index in [0.717, 1.165) is 24.3 Å². The number of hydrogen-bond acceptors (Lipinski definition) is 2. The van der Waals surface area contributed by atoms with Crippen LogP contribution in [0.15, 0.2) is 84.9 Å². The fraction of sp³-hybridized carbons (Fsp3) is 0.148. The molecule has 4 aromatic rings. The highest BCUT2D eigenvalue weighted by Crippen LogP contribution is 2.31. The van der Waals surface area contributed by atoms with E-state index in [1.165, 1.54) is 42.5 Å². The minimum atomic E-state index is -4.53. The molecule has 1 amide bonds. The smallest absolute Gasteiger partial charge is 0.386 e. The van der Waals surface area contributed by atoms with E-state index < -0.39 is 41.4 Å². The molecule has 2 unspecified atom stereocenters. The van der Waals surface area contributed by atoms with Gasteiger partial charge in [0, 0.05) is 10.9 Å². The van der Waals surface area contributed by atoms with Crippen LogP contribution in [0.1, 0.15) is 33.2 Å². The number of fused-ring (bicyclic) bond motifs is 1. The van der Waals surface area contributed by atoms with E-state index in [4.69, 9.17) is 0 Å². The Kier molecular flexibility index (Phi) is 6.84. The van der Waals surface area contributed by atoms with Gasteiger partial charge in [0.15, 0.2) is 0 Å². The van der Waals surface area contributed by atoms with Crippen molar-refractivity contribution in [3.05, 3.63) is 119 Å². The van der Waals surface area contributed by atoms with Crippen LogP contribution in [-0.2, 0) is 12.6 Å². The standard InChI is InChI=1S/C27H20F5NO2/c28-19-11-5-16(6-12-19)15-24(25(34)17-7-9-18(10-8-17)27(30,31)32)33-26(35)22-13-14-23(29)21-4-2-1-3-20(21)22/h1-14,24-25,34H,15H2,(H,33,35). The van der Waals surface area contributed by atoms with Gasteiger partial charge in [-0.3, -0.25) is 4.79 Å². The highest BCUT2D eigenvalue weighted by atomic mass is 19.4. The van der Waals surface area contributed by atoms with Crippen molar-refractivity contribution in [2.45, 2.75) is 24.7 Å². The first-order valence-electron chi connectivity index (χ1n) is 10.7. The molecule has 0 aliphatic carbocycles. The third-order valence-corrected chi connectivity index (χ3v) is 5.76. The van der Waals surface area contributed by atoms with Crippen LogP contribution in [0.2, 0.25) is 0 Å². The van der Waals surface area contributed by atoms with Crippen LogP contribution in [0.5, 0.6) is 0 Å². The Morgan fingerprint density at radius 2 is 1.46 bits per heavy atom. The Balaban J connectivity index is 1.66. The Hall–Kier alpha value is -3.78. The third-order valence-electron chi connectivity index (χ3n) is 5.76. The van der Waals surface area contributed by atoms with Crippen LogP contribution < -0.4 is 5.32 Å². The molecule has 180 valence electrons. The van der Waals surface area contributed by atoms with Gasteiger partial charge in [0.25, 0.3) is 5.91 Å². The van der Waals surface area contributed by atoms with E-state index in [-0.39, 0.29) is 22.9 Å². The minimum absolute atomic E-state index is 0.0628. The summed E-state index contributed by atoms with van der Waals surface area (Å²) < 4.78 is 66.4. The van der Waals surface area contributed by atoms with E-state index in [0.29, 0.717) is 10.9 Å². The number of nitrogens with one attached hydrogen (secondary N) is 1. The largest absolute Gasteiger partial charge is 0.416 e. The third kappa shape index (κ3) is 5.49. The lowest BCUT2D eigenvalue weighted by Gasteiger charge is -2.25. The normalized spacial score (nSPS) is 13.4. The Bertz CT molecular complexity index is 1330. The van der Waals surface area contributed by atoms with Crippen molar-refractivity contribution in [3.63, 3.8) is 0 Å². The first-order chi connectivity index (χ1) is 16.6. The molecular formula is C27H20F5NO2. The highest BCUT2D eigenvalue weighted by Gasteiger charge is 2.31. The van der Waals surface area contributed by atoms with E-state index in [1.807, 2.05) is 0 Å². The molecule has 0 aliphatic rings. The predicted molar refractivity (Wildman–Crippen MR) is 122 cm³/mol. The summed E-state index contributed by atoms with van der Waals surface area (Å²) in [5.41, 5.74) is 0.0529. The molecule has 2 N–H and O–H groups in total. The maximum Gasteiger partial charge on any atom is 0.416 e. The van der Waals surface area contributed by atoms with Crippen LogP contribution in [0.25, 0.3) is 10.8 Å². The van der Waals surface area contributed by atoms with Crippen molar-refractivity contribution >= 4 is 16.7 Å². The van der Waals surface area contributed by atoms with Crippen LogP contribution in [-0.4, -0.2) is 17.1 Å². The molecule has 0 bridgehead atoms. The number of aliphatic hydroxyl groups excluding tert-OH is 1. The van der Waals surface area contributed by atoms with Gasteiger partial charge in [-0.25, -0.2) is 8.78 Å². The Morgan fingerprint density at radius 1 is 0.829 bits per heavy atom. The molecule has 0 saturated carbocycles. The van der Waals surface area contributed by atoms with Gasteiger partial charge in [-0.15, -0.1) is 0 Å². The van der Waals surface area contributed by atoms with E-state index >= 15 is 0 Å². The second-order valence-electron chi connectivity index (χ2n) is 8.12. The van der Waals surface area contributed by atoms with Crippen LogP contribution in [0.4, 0.5) is 22.0 Å².